The molecule has 26 heavy (non-hydrogen) atoms. The molecule has 0 aromatic heterocycles. The number of hydrogen-bond donors (Lipinski definition) is 2. The fourth-order valence-electron chi connectivity index (χ4n) is 3.08. The first-order valence-electron chi connectivity index (χ1n) is 8.93. The van der Waals surface area contributed by atoms with E-state index in [9.17, 15) is 4.79 Å². The van der Waals surface area contributed by atoms with E-state index in [-0.39, 0.29) is 5.97 Å². The molecule has 0 saturated heterocycles. The van der Waals surface area contributed by atoms with Crippen LogP contribution in [0.3, 0.4) is 0 Å². The minimum absolute atomic E-state index is 0.247. The average Bonchev–Trinajstić information content (AvgIpc) is 2.66. The highest BCUT2D eigenvalue weighted by Gasteiger charge is 2.25. The van der Waals surface area contributed by atoms with Crippen molar-refractivity contribution in [2.45, 2.75) is 19.9 Å². The maximum absolute atomic E-state index is 12.5. The van der Waals surface area contributed by atoms with Crippen molar-refractivity contribution in [2.75, 3.05) is 30.7 Å². The molecule has 0 radical (unpaired) electrons. The number of nitrogens with two attached hydrogens (primary N) is 1. The van der Waals surface area contributed by atoms with E-state index in [1.807, 2.05) is 49.4 Å². The first kappa shape index (κ1) is 18.0. The van der Waals surface area contributed by atoms with Crippen LogP contribution in [0.5, 0.6) is 0 Å². The minimum atomic E-state index is -0.247. The van der Waals surface area contributed by atoms with Gasteiger partial charge in [0.15, 0.2) is 0 Å². The predicted octanol–water partition coefficient (Wildman–Crippen LogP) is 3.40. The quantitative estimate of drug-likeness (QED) is 0.617. The molecule has 0 atom stereocenters. The van der Waals surface area contributed by atoms with Gasteiger partial charge in [-0.25, -0.2) is 4.79 Å². The van der Waals surface area contributed by atoms with Gasteiger partial charge in [-0.3, -0.25) is 4.90 Å². The van der Waals surface area contributed by atoms with Gasteiger partial charge in [0.2, 0.25) is 0 Å². The number of esters is 1. The summed E-state index contributed by atoms with van der Waals surface area (Å²) in [6, 6.07) is 17.8. The normalized spacial score (nSPS) is 15.0. The third-order valence-corrected chi connectivity index (χ3v) is 4.40. The van der Waals surface area contributed by atoms with Crippen molar-refractivity contribution in [1.29, 1.82) is 0 Å². The molecule has 5 nitrogen and oxygen atoms in total. The first-order chi connectivity index (χ1) is 12.7. The summed E-state index contributed by atoms with van der Waals surface area (Å²) in [4.78, 5) is 14.8. The van der Waals surface area contributed by atoms with Gasteiger partial charge in [0.25, 0.3) is 0 Å². The van der Waals surface area contributed by atoms with Crippen LogP contribution in [0.15, 0.2) is 65.9 Å². The number of benzene rings is 2. The monoisotopic (exact) mass is 351 g/mol. The summed E-state index contributed by atoms with van der Waals surface area (Å²) in [5.41, 5.74) is 10.3. The van der Waals surface area contributed by atoms with E-state index < -0.39 is 0 Å². The zero-order valence-corrected chi connectivity index (χ0v) is 15.1. The number of nitrogen functional groups attached to an aromatic ring is 1. The van der Waals surface area contributed by atoms with Crippen molar-refractivity contribution >= 4 is 17.3 Å². The molecule has 0 saturated carbocycles. The molecule has 0 fully saturated rings. The predicted molar refractivity (Wildman–Crippen MR) is 104 cm³/mol. The third-order valence-electron chi connectivity index (χ3n) is 4.40. The van der Waals surface area contributed by atoms with Crippen LogP contribution in [0.25, 0.3) is 0 Å². The average molecular weight is 351 g/mol. The van der Waals surface area contributed by atoms with Gasteiger partial charge in [-0.05, 0) is 36.8 Å². The molecule has 1 heterocycles. The number of rotatable bonds is 6. The number of carbonyl (C=O) groups is 1. The van der Waals surface area contributed by atoms with E-state index >= 15 is 0 Å². The maximum Gasteiger partial charge on any atom is 0.337 e. The fourth-order valence-corrected chi connectivity index (χ4v) is 3.08. The Labute approximate surface area is 154 Å². The van der Waals surface area contributed by atoms with Crippen LogP contribution >= 0.6 is 0 Å². The lowest BCUT2D eigenvalue weighted by atomic mass is 10.0. The second-order valence-corrected chi connectivity index (χ2v) is 6.37. The van der Waals surface area contributed by atoms with Crippen molar-refractivity contribution in [3.8, 4) is 0 Å². The molecule has 0 spiro atoms. The molecule has 1 aliphatic heterocycles. The van der Waals surface area contributed by atoms with E-state index in [0.29, 0.717) is 24.4 Å². The topological polar surface area (TPSA) is 67.6 Å². The molecular formula is C21H25N3O2. The van der Waals surface area contributed by atoms with Crippen LogP contribution in [-0.2, 0) is 16.1 Å². The molecule has 5 heteroatoms. The van der Waals surface area contributed by atoms with E-state index in [4.69, 9.17) is 10.5 Å². The van der Waals surface area contributed by atoms with Crippen LogP contribution < -0.4 is 11.1 Å². The Morgan fingerprint density at radius 1 is 1.15 bits per heavy atom. The van der Waals surface area contributed by atoms with Gasteiger partial charge in [0.05, 0.1) is 12.2 Å². The molecule has 136 valence electrons. The van der Waals surface area contributed by atoms with Crippen molar-refractivity contribution < 1.29 is 9.53 Å². The van der Waals surface area contributed by atoms with Gasteiger partial charge in [-0.15, -0.1) is 0 Å². The van der Waals surface area contributed by atoms with Crippen molar-refractivity contribution in [2.24, 2.45) is 0 Å². The Morgan fingerprint density at radius 3 is 2.58 bits per heavy atom. The third kappa shape index (κ3) is 4.64. The number of nitrogens with zero attached hydrogens (tertiary/aromatic N) is 1. The van der Waals surface area contributed by atoms with Crippen molar-refractivity contribution in [3.05, 3.63) is 71.4 Å². The molecule has 2 aromatic carbocycles. The smallest absolute Gasteiger partial charge is 0.337 e. The first-order valence-corrected chi connectivity index (χ1v) is 8.93. The SMILES string of the molecule is CCOC(=O)C1=C(Nc2ccc(N)cc2)CCN(Cc2ccccc2)C1. The second kappa shape index (κ2) is 8.54. The number of hydrogen-bond acceptors (Lipinski definition) is 5. The van der Waals surface area contributed by atoms with Gasteiger partial charge in [-0.2, -0.15) is 0 Å². The number of nitrogens with one attached hydrogen (secondary N) is 1. The summed E-state index contributed by atoms with van der Waals surface area (Å²) in [6.45, 7) is 4.48. The van der Waals surface area contributed by atoms with E-state index in [1.54, 1.807) is 0 Å². The highest BCUT2D eigenvalue weighted by Crippen LogP contribution is 2.23. The Hall–Kier alpha value is -2.79. The molecule has 3 N–H and O–H groups in total. The summed E-state index contributed by atoms with van der Waals surface area (Å²) in [6.07, 6.45) is 0.769. The standard InChI is InChI=1S/C21H25N3O2/c1-2-26-21(25)19-15-24(14-16-6-4-3-5-7-16)13-12-20(19)23-18-10-8-17(22)9-11-18/h3-11,23H,2,12-15,22H2,1H3. The molecular weight excluding hydrogens is 326 g/mol. The van der Waals surface area contributed by atoms with Crippen LogP contribution in [0.1, 0.15) is 18.9 Å². The molecule has 0 unspecified atom stereocenters. The van der Waals surface area contributed by atoms with Crippen LogP contribution in [0, 0.1) is 0 Å². The Bertz CT molecular complexity index is 770. The molecule has 0 aliphatic carbocycles. The number of ether oxygens (including phenoxy) is 1. The van der Waals surface area contributed by atoms with Crippen LogP contribution in [-0.4, -0.2) is 30.6 Å². The van der Waals surface area contributed by atoms with Gasteiger partial charge in [0.1, 0.15) is 0 Å². The van der Waals surface area contributed by atoms with Crippen LogP contribution in [0.2, 0.25) is 0 Å². The highest BCUT2D eigenvalue weighted by atomic mass is 16.5. The number of anilines is 2. The number of carbonyl (C=O) groups excluding carboxylic acids is 1. The summed E-state index contributed by atoms with van der Waals surface area (Å²) in [7, 11) is 0. The Balaban J connectivity index is 1.78. The summed E-state index contributed by atoms with van der Waals surface area (Å²) in [5.74, 6) is -0.247. The summed E-state index contributed by atoms with van der Waals surface area (Å²) in [5, 5.41) is 3.38. The lowest BCUT2D eigenvalue weighted by Crippen LogP contribution is -2.35. The van der Waals surface area contributed by atoms with Gasteiger partial charge < -0.3 is 15.8 Å². The van der Waals surface area contributed by atoms with Crippen molar-refractivity contribution in [3.63, 3.8) is 0 Å². The largest absolute Gasteiger partial charge is 0.463 e. The summed E-state index contributed by atoms with van der Waals surface area (Å²) < 4.78 is 5.28. The molecule has 0 bridgehead atoms. The second-order valence-electron chi connectivity index (χ2n) is 6.37. The fraction of sp³-hybridized carbons (Fsp3) is 0.286. The Morgan fingerprint density at radius 2 is 1.88 bits per heavy atom. The maximum atomic E-state index is 12.5. The zero-order valence-electron chi connectivity index (χ0n) is 15.1. The van der Waals surface area contributed by atoms with Crippen LogP contribution in [0.4, 0.5) is 11.4 Å². The highest BCUT2D eigenvalue weighted by molar-refractivity contribution is 5.90. The van der Waals surface area contributed by atoms with Crippen molar-refractivity contribution in [1.82, 2.24) is 4.90 Å². The Kier molecular flexibility index (Phi) is 5.92. The minimum Gasteiger partial charge on any atom is -0.463 e. The zero-order chi connectivity index (χ0) is 18.4. The van der Waals surface area contributed by atoms with E-state index in [1.165, 1.54) is 5.56 Å². The van der Waals surface area contributed by atoms with E-state index in [0.717, 1.165) is 30.9 Å². The van der Waals surface area contributed by atoms with Gasteiger partial charge in [0, 0.05) is 43.1 Å². The molecule has 1 aliphatic rings. The molecule has 3 rings (SSSR count). The summed E-state index contributed by atoms with van der Waals surface area (Å²) >= 11 is 0. The van der Waals surface area contributed by atoms with Gasteiger partial charge in [-0.1, -0.05) is 30.3 Å². The lowest BCUT2D eigenvalue weighted by molar-refractivity contribution is -0.139. The lowest BCUT2D eigenvalue weighted by Gasteiger charge is -2.30. The molecule has 2 aromatic rings. The van der Waals surface area contributed by atoms with E-state index in [2.05, 4.69) is 22.3 Å². The van der Waals surface area contributed by atoms with Gasteiger partial charge >= 0.3 is 5.97 Å². The molecule has 0 amide bonds.